The number of ether oxygens (including phenoxy) is 1. The van der Waals surface area contributed by atoms with E-state index in [1.54, 1.807) is 0 Å². The molecule has 1 aromatic carbocycles. The summed E-state index contributed by atoms with van der Waals surface area (Å²) in [6, 6.07) is 8.82. The van der Waals surface area contributed by atoms with Crippen molar-refractivity contribution in [3.05, 3.63) is 29.8 Å². The number of hydrogen-bond acceptors (Lipinski definition) is 4. The van der Waals surface area contributed by atoms with Gasteiger partial charge < -0.3 is 20.3 Å². The molecule has 2 N–H and O–H groups in total. The topological polar surface area (TPSA) is 70.7 Å². The van der Waals surface area contributed by atoms with Crippen LogP contribution in [-0.2, 0) is 14.9 Å². The van der Waals surface area contributed by atoms with Gasteiger partial charge >= 0.3 is 6.09 Å². The van der Waals surface area contributed by atoms with Crippen molar-refractivity contribution < 1.29 is 14.3 Å². The number of carbonyl (C=O) groups is 2. The van der Waals surface area contributed by atoms with Crippen LogP contribution < -0.4 is 10.6 Å². The molecule has 6 heteroatoms. The second-order valence-electron chi connectivity index (χ2n) is 9.59. The predicted molar refractivity (Wildman–Crippen MR) is 115 cm³/mol. The van der Waals surface area contributed by atoms with Gasteiger partial charge in [0.15, 0.2) is 0 Å². The highest BCUT2D eigenvalue weighted by atomic mass is 16.6. The van der Waals surface area contributed by atoms with Gasteiger partial charge in [-0.05, 0) is 76.1 Å². The Hall–Kier alpha value is -2.08. The van der Waals surface area contributed by atoms with E-state index in [0.717, 1.165) is 63.7 Å². The molecule has 162 valence electrons. The Morgan fingerprint density at radius 1 is 1.07 bits per heavy atom. The molecule has 2 aliphatic carbocycles. The number of rotatable bonds is 3. The number of para-hydroxylation sites is 1. The number of nitrogens with zero attached hydrogens (tertiary/aromatic N) is 1. The second-order valence-corrected chi connectivity index (χ2v) is 9.59. The summed E-state index contributed by atoms with van der Waals surface area (Å²) in [6.45, 7) is 1.87. The van der Waals surface area contributed by atoms with Crippen LogP contribution in [0.1, 0.15) is 69.8 Å². The minimum Gasteiger partial charge on any atom is -0.446 e. The first-order valence-corrected chi connectivity index (χ1v) is 11.8. The van der Waals surface area contributed by atoms with Gasteiger partial charge in [0.1, 0.15) is 6.10 Å². The SMILES string of the molecule is O=C(NC1CCCCC(N2CCC3(CC2)C(=O)Nc2ccccc23)C1)OC1CCC1. The Kier molecular flexibility index (Phi) is 5.44. The number of anilines is 1. The maximum Gasteiger partial charge on any atom is 0.407 e. The molecule has 2 heterocycles. The number of likely N-dealkylation sites (tertiary alicyclic amines) is 1. The van der Waals surface area contributed by atoms with E-state index in [9.17, 15) is 9.59 Å². The fourth-order valence-corrected chi connectivity index (χ4v) is 5.78. The summed E-state index contributed by atoms with van der Waals surface area (Å²) >= 11 is 0. The molecule has 2 atom stereocenters. The van der Waals surface area contributed by atoms with Gasteiger partial charge in [0.25, 0.3) is 0 Å². The van der Waals surface area contributed by atoms with Gasteiger partial charge in [0.2, 0.25) is 5.91 Å². The molecule has 2 unspecified atom stereocenters. The van der Waals surface area contributed by atoms with Crippen molar-refractivity contribution >= 4 is 17.7 Å². The smallest absolute Gasteiger partial charge is 0.407 e. The molecule has 3 fully saturated rings. The quantitative estimate of drug-likeness (QED) is 0.739. The summed E-state index contributed by atoms with van der Waals surface area (Å²) < 4.78 is 5.51. The maximum absolute atomic E-state index is 12.8. The molecule has 2 amide bonds. The van der Waals surface area contributed by atoms with Gasteiger partial charge in [-0.1, -0.05) is 31.0 Å². The third kappa shape index (κ3) is 3.70. The number of fused-ring (bicyclic) bond motifs is 2. The fourth-order valence-electron chi connectivity index (χ4n) is 5.78. The van der Waals surface area contributed by atoms with Gasteiger partial charge in [-0.25, -0.2) is 4.79 Å². The van der Waals surface area contributed by atoms with Gasteiger partial charge in [0, 0.05) is 17.8 Å². The van der Waals surface area contributed by atoms with E-state index >= 15 is 0 Å². The van der Waals surface area contributed by atoms with E-state index in [2.05, 4.69) is 21.6 Å². The number of benzene rings is 1. The summed E-state index contributed by atoms with van der Waals surface area (Å²) in [6.07, 6.45) is 10.4. The first-order valence-electron chi connectivity index (χ1n) is 11.8. The standard InChI is InChI=1S/C24H33N3O3/c28-22-24(20-10-3-4-11-21(20)26-22)12-14-27(15-13-24)18-7-2-1-6-17(16-18)25-23(29)30-19-8-5-9-19/h3-4,10-11,17-19H,1-2,5-9,12-16H2,(H,25,29)(H,26,28). The summed E-state index contributed by atoms with van der Waals surface area (Å²) in [5.41, 5.74) is 1.80. The van der Waals surface area contributed by atoms with Crippen molar-refractivity contribution in [1.29, 1.82) is 0 Å². The molecule has 0 aromatic heterocycles. The van der Waals surface area contributed by atoms with E-state index in [1.165, 1.54) is 24.8 Å². The number of amides is 2. The lowest BCUT2D eigenvalue weighted by Gasteiger charge is -2.42. The first-order chi connectivity index (χ1) is 14.6. The molecule has 1 aromatic rings. The summed E-state index contributed by atoms with van der Waals surface area (Å²) in [5.74, 6) is 0.169. The van der Waals surface area contributed by atoms with E-state index in [4.69, 9.17) is 4.74 Å². The second kappa shape index (κ2) is 8.22. The average molecular weight is 412 g/mol. The zero-order valence-corrected chi connectivity index (χ0v) is 17.7. The van der Waals surface area contributed by atoms with Crippen LogP contribution in [0.2, 0.25) is 0 Å². The van der Waals surface area contributed by atoms with E-state index < -0.39 is 0 Å². The van der Waals surface area contributed by atoms with Crippen molar-refractivity contribution in [1.82, 2.24) is 10.2 Å². The lowest BCUT2D eigenvalue weighted by Crippen LogP contribution is -2.51. The van der Waals surface area contributed by atoms with Gasteiger partial charge in [-0.15, -0.1) is 0 Å². The number of alkyl carbamates (subject to hydrolysis) is 1. The molecular formula is C24H33N3O3. The lowest BCUT2D eigenvalue weighted by atomic mass is 9.73. The van der Waals surface area contributed by atoms with Crippen LogP contribution >= 0.6 is 0 Å². The highest BCUT2D eigenvalue weighted by Gasteiger charge is 2.48. The van der Waals surface area contributed by atoms with Crippen LogP contribution in [-0.4, -0.2) is 48.2 Å². The Balaban J connectivity index is 1.20. The van der Waals surface area contributed by atoms with Gasteiger partial charge in [0.05, 0.1) is 5.41 Å². The molecular weight excluding hydrogens is 378 g/mol. The third-order valence-corrected chi connectivity index (χ3v) is 7.84. The minimum atomic E-state index is -0.359. The lowest BCUT2D eigenvalue weighted by molar-refractivity contribution is -0.122. The van der Waals surface area contributed by atoms with Crippen LogP contribution in [0.3, 0.4) is 0 Å². The minimum absolute atomic E-state index is 0.130. The van der Waals surface area contributed by atoms with E-state index in [1.807, 2.05) is 18.2 Å². The molecule has 30 heavy (non-hydrogen) atoms. The number of nitrogens with one attached hydrogen (secondary N) is 2. The Morgan fingerprint density at radius 3 is 2.60 bits per heavy atom. The summed E-state index contributed by atoms with van der Waals surface area (Å²) in [7, 11) is 0. The monoisotopic (exact) mass is 411 g/mol. The van der Waals surface area contributed by atoms with Gasteiger partial charge in [-0.3, -0.25) is 4.79 Å². The maximum atomic E-state index is 12.8. The highest BCUT2D eigenvalue weighted by Crippen LogP contribution is 2.45. The predicted octanol–water partition coefficient (Wildman–Crippen LogP) is 3.95. The summed E-state index contributed by atoms with van der Waals surface area (Å²) in [5, 5.41) is 6.24. The van der Waals surface area contributed by atoms with Crippen molar-refractivity contribution in [2.24, 2.45) is 0 Å². The molecule has 2 aliphatic heterocycles. The number of carbonyl (C=O) groups excluding carboxylic acids is 2. The summed E-state index contributed by atoms with van der Waals surface area (Å²) in [4.78, 5) is 27.7. The van der Waals surface area contributed by atoms with Crippen LogP contribution in [0.15, 0.2) is 24.3 Å². The molecule has 2 saturated carbocycles. The number of piperidine rings is 1. The zero-order chi connectivity index (χ0) is 20.6. The van der Waals surface area contributed by atoms with Crippen LogP contribution in [0.5, 0.6) is 0 Å². The zero-order valence-electron chi connectivity index (χ0n) is 17.7. The van der Waals surface area contributed by atoms with Gasteiger partial charge in [-0.2, -0.15) is 0 Å². The molecule has 5 rings (SSSR count). The van der Waals surface area contributed by atoms with E-state index in [-0.39, 0.29) is 29.6 Å². The third-order valence-electron chi connectivity index (χ3n) is 7.84. The van der Waals surface area contributed by atoms with Crippen LogP contribution in [0, 0.1) is 0 Å². The highest BCUT2D eigenvalue weighted by molar-refractivity contribution is 6.06. The number of hydrogen-bond donors (Lipinski definition) is 2. The van der Waals surface area contributed by atoms with Crippen molar-refractivity contribution in [2.45, 2.75) is 87.8 Å². The molecule has 1 saturated heterocycles. The molecule has 0 radical (unpaired) electrons. The fraction of sp³-hybridized carbons (Fsp3) is 0.667. The Bertz CT molecular complexity index is 799. The molecule has 1 spiro atoms. The Morgan fingerprint density at radius 2 is 1.83 bits per heavy atom. The molecule has 6 nitrogen and oxygen atoms in total. The van der Waals surface area contributed by atoms with Crippen molar-refractivity contribution in [3.8, 4) is 0 Å². The normalized spacial score (nSPS) is 28.9. The van der Waals surface area contributed by atoms with Crippen molar-refractivity contribution in [3.63, 3.8) is 0 Å². The van der Waals surface area contributed by atoms with Crippen LogP contribution in [0.4, 0.5) is 10.5 Å². The molecule has 4 aliphatic rings. The Labute approximate surface area is 178 Å². The van der Waals surface area contributed by atoms with Crippen LogP contribution in [0.25, 0.3) is 0 Å². The van der Waals surface area contributed by atoms with Crippen molar-refractivity contribution in [2.75, 3.05) is 18.4 Å². The molecule has 0 bridgehead atoms. The van der Waals surface area contributed by atoms with E-state index in [0.29, 0.717) is 6.04 Å². The average Bonchev–Trinajstić information content (AvgIpc) is 2.86. The first kappa shape index (κ1) is 19.9. The largest absolute Gasteiger partial charge is 0.446 e.